The molecule has 0 saturated heterocycles. The first kappa shape index (κ1) is 12.5. The summed E-state index contributed by atoms with van der Waals surface area (Å²) in [6, 6.07) is 6.60. The maximum atomic E-state index is 13.5. The zero-order valence-corrected chi connectivity index (χ0v) is 10.8. The van der Waals surface area contributed by atoms with Crippen LogP contribution in [0.1, 0.15) is 11.3 Å². The summed E-state index contributed by atoms with van der Waals surface area (Å²) < 4.78 is 14.3. The highest BCUT2D eigenvalue weighted by Crippen LogP contribution is 2.16. The number of nitrogens with zero attached hydrogens (tertiary/aromatic N) is 3. The molecule has 1 aromatic heterocycles. The van der Waals surface area contributed by atoms with Crippen LogP contribution in [0.2, 0.25) is 0 Å². The fraction of sp³-hybridized carbons (Fsp3) is 0.0833. The highest BCUT2D eigenvalue weighted by molar-refractivity contribution is 9.10. The van der Waals surface area contributed by atoms with Gasteiger partial charge < -0.3 is 5.32 Å². The minimum absolute atomic E-state index is 0.245. The van der Waals surface area contributed by atoms with Crippen LogP contribution in [0.15, 0.2) is 35.1 Å². The van der Waals surface area contributed by atoms with Crippen molar-refractivity contribution in [3.8, 4) is 6.07 Å². The minimum atomic E-state index is -0.285. The molecule has 0 aliphatic carbocycles. The first-order valence-corrected chi connectivity index (χ1v) is 5.88. The number of hydrogen-bond acceptors (Lipinski definition) is 4. The average molecular weight is 307 g/mol. The van der Waals surface area contributed by atoms with Crippen molar-refractivity contribution in [2.45, 2.75) is 6.54 Å². The van der Waals surface area contributed by atoms with Crippen LogP contribution in [0.5, 0.6) is 0 Å². The zero-order valence-electron chi connectivity index (χ0n) is 9.19. The van der Waals surface area contributed by atoms with E-state index in [-0.39, 0.29) is 11.5 Å². The van der Waals surface area contributed by atoms with E-state index < -0.39 is 0 Å². The first-order valence-electron chi connectivity index (χ1n) is 5.09. The van der Waals surface area contributed by atoms with Gasteiger partial charge in [-0.1, -0.05) is 15.9 Å². The van der Waals surface area contributed by atoms with E-state index in [4.69, 9.17) is 5.26 Å². The molecule has 0 radical (unpaired) electrons. The van der Waals surface area contributed by atoms with Gasteiger partial charge in [0.2, 0.25) is 0 Å². The minimum Gasteiger partial charge on any atom is -0.365 e. The summed E-state index contributed by atoms with van der Waals surface area (Å²) in [5.41, 5.74) is 0.768. The van der Waals surface area contributed by atoms with Gasteiger partial charge in [0, 0.05) is 16.6 Å². The third-order valence-corrected chi connectivity index (χ3v) is 2.73. The Morgan fingerprint density at radius 3 is 2.83 bits per heavy atom. The molecule has 1 N–H and O–H groups in total. The van der Waals surface area contributed by atoms with E-state index in [1.54, 1.807) is 12.1 Å². The molecule has 0 saturated carbocycles. The Hall–Kier alpha value is -2.00. The molecular weight excluding hydrogens is 299 g/mol. The summed E-state index contributed by atoms with van der Waals surface area (Å²) in [4.78, 5) is 7.85. The number of rotatable bonds is 3. The zero-order chi connectivity index (χ0) is 13.0. The SMILES string of the molecule is N#Cc1cnc(NCc2cc(Br)ccc2F)cn1. The van der Waals surface area contributed by atoms with E-state index in [0.717, 1.165) is 4.47 Å². The quantitative estimate of drug-likeness (QED) is 0.947. The number of nitrogens with one attached hydrogen (secondary N) is 1. The van der Waals surface area contributed by atoms with E-state index in [9.17, 15) is 4.39 Å². The van der Waals surface area contributed by atoms with Crippen LogP contribution in [0.4, 0.5) is 10.2 Å². The van der Waals surface area contributed by atoms with Gasteiger partial charge in [-0.05, 0) is 18.2 Å². The highest BCUT2D eigenvalue weighted by Gasteiger charge is 2.03. The number of benzene rings is 1. The van der Waals surface area contributed by atoms with Gasteiger partial charge >= 0.3 is 0 Å². The predicted molar refractivity (Wildman–Crippen MR) is 68.2 cm³/mol. The monoisotopic (exact) mass is 306 g/mol. The Kier molecular flexibility index (Phi) is 3.85. The van der Waals surface area contributed by atoms with Gasteiger partial charge in [-0.2, -0.15) is 5.26 Å². The molecule has 6 heteroatoms. The molecule has 0 unspecified atom stereocenters. The summed E-state index contributed by atoms with van der Waals surface area (Å²) in [6.07, 6.45) is 2.80. The van der Waals surface area contributed by atoms with Crippen molar-refractivity contribution in [2.24, 2.45) is 0 Å². The van der Waals surface area contributed by atoms with Crippen molar-refractivity contribution >= 4 is 21.7 Å². The largest absolute Gasteiger partial charge is 0.365 e. The van der Waals surface area contributed by atoms with Crippen molar-refractivity contribution in [2.75, 3.05) is 5.32 Å². The molecule has 4 nitrogen and oxygen atoms in total. The van der Waals surface area contributed by atoms with E-state index in [0.29, 0.717) is 17.9 Å². The molecule has 2 aromatic rings. The van der Waals surface area contributed by atoms with Crippen molar-refractivity contribution in [3.63, 3.8) is 0 Å². The second-order valence-corrected chi connectivity index (χ2v) is 4.40. The lowest BCUT2D eigenvalue weighted by atomic mass is 10.2. The maximum absolute atomic E-state index is 13.5. The van der Waals surface area contributed by atoms with Gasteiger partial charge in [0.25, 0.3) is 0 Å². The smallest absolute Gasteiger partial charge is 0.158 e. The second kappa shape index (κ2) is 5.56. The third-order valence-electron chi connectivity index (χ3n) is 2.23. The lowest BCUT2D eigenvalue weighted by molar-refractivity contribution is 0.612. The molecule has 1 heterocycles. The van der Waals surface area contributed by atoms with Crippen LogP contribution in [-0.4, -0.2) is 9.97 Å². The van der Waals surface area contributed by atoms with Crippen LogP contribution >= 0.6 is 15.9 Å². The molecule has 1 aromatic carbocycles. The number of halogens is 2. The highest BCUT2D eigenvalue weighted by atomic mass is 79.9. The molecule has 0 atom stereocenters. The number of anilines is 1. The first-order chi connectivity index (χ1) is 8.69. The van der Waals surface area contributed by atoms with E-state index in [1.165, 1.54) is 18.5 Å². The lowest BCUT2D eigenvalue weighted by Gasteiger charge is -2.06. The molecular formula is C12H8BrFN4. The standard InChI is InChI=1S/C12H8BrFN4/c13-9-1-2-11(14)8(3-9)5-17-12-7-16-10(4-15)6-18-12/h1-3,6-7H,5H2,(H,17,18). The Labute approximate surface area is 112 Å². The summed E-state index contributed by atoms with van der Waals surface area (Å²) in [7, 11) is 0. The molecule has 18 heavy (non-hydrogen) atoms. The van der Waals surface area contributed by atoms with Gasteiger partial charge in [0.05, 0.1) is 12.4 Å². The van der Waals surface area contributed by atoms with Crippen LogP contribution in [0, 0.1) is 17.1 Å². The fourth-order valence-corrected chi connectivity index (χ4v) is 1.75. The molecule has 90 valence electrons. The second-order valence-electron chi connectivity index (χ2n) is 3.49. The van der Waals surface area contributed by atoms with E-state index in [1.807, 2.05) is 6.07 Å². The Morgan fingerprint density at radius 1 is 1.33 bits per heavy atom. The summed E-state index contributed by atoms with van der Waals surface area (Å²) in [6.45, 7) is 0.297. The molecule has 0 fully saturated rings. The molecule has 0 spiro atoms. The predicted octanol–water partition coefficient (Wildman–Crippen LogP) is 2.86. The molecule has 0 amide bonds. The molecule has 2 rings (SSSR count). The van der Waals surface area contributed by atoms with E-state index >= 15 is 0 Å². The van der Waals surface area contributed by atoms with Gasteiger partial charge in [-0.25, -0.2) is 14.4 Å². The third kappa shape index (κ3) is 3.02. The topological polar surface area (TPSA) is 61.6 Å². The van der Waals surface area contributed by atoms with Crippen molar-refractivity contribution in [1.29, 1.82) is 5.26 Å². The molecule has 0 aliphatic rings. The molecule has 0 bridgehead atoms. The lowest BCUT2D eigenvalue weighted by Crippen LogP contribution is -2.04. The number of hydrogen-bond donors (Lipinski definition) is 1. The van der Waals surface area contributed by atoms with Gasteiger partial charge in [0.1, 0.15) is 17.7 Å². The fourth-order valence-electron chi connectivity index (χ4n) is 1.34. The Balaban J connectivity index is 2.07. The van der Waals surface area contributed by atoms with Gasteiger partial charge in [-0.3, -0.25) is 0 Å². The van der Waals surface area contributed by atoms with Gasteiger partial charge in [-0.15, -0.1) is 0 Å². The van der Waals surface area contributed by atoms with E-state index in [2.05, 4.69) is 31.2 Å². The summed E-state index contributed by atoms with van der Waals surface area (Å²) in [5, 5.41) is 11.5. The normalized spacial score (nSPS) is 9.83. The Morgan fingerprint density at radius 2 is 2.17 bits per heavy atom. The summed E-state index contributed by atoms with van der Waals surface area (Å²) in [5.74, 6) is 0.209. The molecule has 0 aliphatic heterocycles. The maximum Gasteiger partial charge on any atom is 0.158 e. The van der Waals surface area contributed by atoms with Crippen LogP contribution < -0.4 is 5.32 Å². The Bertz CT molecular complexity index is 592. The van der Waals surface area contributed by atoms with Crippen LogP contribution in [0.25, 0.3) is 0 Å². The average Bonchev–Trinajstić information content (AvgIpc) is 2.40. The number of aromatic nitrogens is 2. The van der Waals surface area contributed by atoms with Crippen LogP contribution in [0.3, 0.4) is 0 Å². The van der Waals surface area contributed by atoms with Crippen molar-refractivity contribution in [3.05, 3.63) is 52.1 Å². The van der Waals surface area contributed by atoms with Crippen LogP contribution in [-0.2, 0) is 6.54 Å². The van der Waals surface area contributed by atoms with Crippen molar-refractivity contribution < 1.29 is 4.39 Å². The van der Waals surface area contributed by atoms with Crippen molar-refractivity contribution in [1.82, 2.24) is 9.97 Å². The number of nitriles is 1. The van der Waals surface area contributed by atoms with Gasteiger partial charge in [0.15, 0.2) is 5.69 Å². The summed E-state index contributed by atoms with van der Waals surface area (Å²) >= 11 is 3.28.